The van der Waals surface area contributed by atoms with Crippen LogP contribution in [0, 0.1) is 0 Å². The molecule has 0 saturated carbocycles. The average Bonchev–Trinajstić information content (AvgIpc) is 3.27. The lowest BCUT2D eigenvalue weighted by Gasteiger charge is -2.26. The maximum Gasteiger partial charge on any atom is 0.253 e. The first-order chi connectivity index (χ1) is 14.6. The van der Waals surface area contributed by atoms with Crippen LogP contribution in [-0.4, -0.2) is 46.4 Å². The van der Waals surface area contributed by atoms with Crippen LogP contribution in [0.15, 0.2) is 70.2 Å². The molecule has 2 heterocycles. The maximum absolute atomic E-state index is 12.8. The number of benzene rings is 2. The molecule has 0 aliphatic carbocycles. The molecule has 0 amide bonds. The second kappa shape index (κ2) is 9.17. The molecule has 0 bridgehead atoms. The summed E-state index contributed by atoms with van der Waals surface area (Å²) in [5.41, 5.74) is 9.19. The highest BCUT2D eigenvalue weighted by atomic mass is 32.2. The third-order valence-electron chi connectivity index (χ3n) is 5.20. The molecule has 0 radical (unpaired) electrons. The molecule has 30 heavy (non-hydrogen) atoms. The second-order valence-corrected chi connectivity index (χ2v) is 8.43. The first kappa shape index (κ1) is 20.2. The third-order valence-corrected chi connectivity index (χ3v) is 6.15. The van der Waals surface area contributed by atoms with Gasteiger partial charge in [-0.15, -0.1) is 0 Å². The molecule has 7 heteroatoms. The molecule has 1 aliphatic rings. The Kier molecular flexibility index (Phi) is 6.18. The Morgan fingerprint density at radius 2 is 1.83 bits per heavy atom. The summed E-state index contributed by atoms with van der Waals surface area (Å²) in [6.45, 7) is 3.81. The van der Waals surface area contributed by atoms with E-state index >= 15 is 0 Å². The fraction of sp³-hybridized carbons (Fsp3) is 0.261. The number of aromatic nitrogens is 1. The number of aliphatic imine (C=N–C) groups is 1. The maximum atomic E-state index is 12.8. The summed E-state index contributed by atoms with van der Waals surface area (Å²) in [7, 11) is 0. The molecule has 1 saturated heterocycles. The highest BCUT2D eigenvalue weighted by Crippen LogP contribution is 2.27. The summed E-state index contributed by atoms with van der Waals surface area (Å²) in [5.74, 6) is 2.90. The number of hydrogen-bond acceptors (Lipinski definition) is 5. The van der Waals surface area contributed by atoms with Gasteiger partial charge in [0.25, 0.3) is 5.88 Å². The van der Waals surface area contributed by atoms with E-state index in [-0.39, 0.29) is 11.7 Å². The van der Waals surface area contributed by atoms with Crippen LogP contribution in [0.25, 0.3) is 0 Å². The standard InChI is InChI=1S/C23H24N4O2S/c1-16(18-8-5-9-19(14-18)22(28)17-6-3-2-4-7-17)20-15-21(29-26-20)25-23(24)27-10-12-30-13-11-27/h2-9,14-16H,10-13H2,1H3,(H2,24,25). The molecule has 6 nitrogen and oxygen atoms in total. The quantitative estimate of drug-likeness (QED) is 0.381. The van der Waals surface area contributed by atoms with Crippen LogP contribution in [0.1, 0.15) is 40.0 Å². The minimum Gasteiger partial charge on any atom is -0.369 e. The third kappa shape index (κ3) is 4.57. The van der Waals surface area contributed by atoms with Crippen molar-refractivity contribution in [1.29, 1.82) is 0 Å². The predicted octanol–water partition coefficient (Wildman–Crippen LogP) is 4.05. The van der Waals surface area contributed by atoms with Gasteiger partial charge < -0.3 is 15.2 Å². The molecule has 154 valence electrons. The van der Waals surface area contributed by atoms with Crippen molar-refractivity contribution < 1.29 is 9.32 Å². The van der Waals surface area contributed by atoms with Crippen molar-refractivity contribution in [3.8, 4) is 0 Å². The Bertz CT molecular complexity index is 1040. The summed E-state index contributed by atoms with van der Waals surface area (Å²) < 4.78 is 5.40. The van der Waals surface area contributed by atoms with Crippen molar-refractivity contribution in [3.63, 3.8) is 0 Å². The molecular formula is C23H24N4O2S. The molecular weight excluding hydrogens is 396 g/mol. The van der Waals surface area contributed by atoms with Crippen molar-refractivity contribution in [3.05, 3.63) is 83.0 Å². The fourth-order valence-electron chi connectivity index (χ4n) is 3.39. The summed E-state index contributed by atoms with van der Waals surface area (Å²) in [5, 5.41) is 4.18. The van der Waals surface area contributed by atoms with Gasteiger partial charge in [0, 0.05) is 47.7 Å². The van der Waals surface area contributed by atoms with E-state index in [0.717, 1.165) is 35.9 Å². The van der Waals surface area contributed by atoms with Crippen molar-refractivity contribution in [2.24, 2.45) is 10.7 Å². The predicted molar refractivity (Wildman–Crippen MR) is 121 cm³/mol. The number of carbonyl (C=O) groups is 1. The number of rotatable bonds is 5. The van der Waals surface area contributed by atoms with Crippen LogP contribution >= 0.6 is 11.8 Å². The molecule has 0 spiro atoms. The zero-order valence-corrected chi connectivity index (χ0v) is 17.6. The summed E-state index contributed by atoms with van der Waals surface area (Å²) in [6.07, 6.45) is 0. The zero-order valence-electron chi connectivity index (χ0n) is 16.8. The molecule has 1 aliphatic heterocycles. The molecule has 1 aromatic heterocycles. The molecule has 4 rings (SSSR count). The molecule has 2 aromatic carbocycles. The van der Waals surface area contributed by atoms with Gasteiger partial charge >= 0.3 is 0 Å². The van der Waals surface area contributed by atoms with Gasteiger partial charge in [-0.2, -0.15) is 16.8 Å². The van der Waals surface area contributed by atoms with Crippen molar-refractivity contribution in [2.75, 3.05) is 24.6 Å². The monoisotopic (exact) mass is 420 g/mol. The first-order valence-corrected chi connectivity index (χ1v) is 11.1. The van der Waals surface area contributed by atoms with Crippen molar-refractivity contribution >= 4 is 29.4 Å². The Labute approximate surface area is 180 Å². The Morgan fingerprint density at radius 3 is 2.60 bits per heavy atom. The van der Waals surface area contributed by atoms with E-state index in [1.54, 1.807) is 0 Å². The van der Waals surface area contributed by atoms with Gasteiger partial charge in [0.2, 0.25) is 0 Å². The molecule has 1 unspecified atom stereocenters. The minimum absolute atomic E-state index is 0.00237. The van der Waals surface area contributed by atoms with Crippen LogP contribution in [0.5, 0.6) is 0 Å². The Hall–Kier alpha value is -3.06. The number of carbonyl (C=O) groups excluding carboxylic acids is 1. The van der Waals surface area contributed by atoms with Crippen molar-refractivity contribution in [1.82, 2.24) is 10.1 Å². The van der Waals surface area contributed by atoms with E-state index in [1.165, 1.54) is 0 Å². The van der Waals surface area contributed by atoms with Crippen LogP contribution in [0.2, 0.25) is 0 Å². The normalized spacial score (nSPS) is 15.8. The van der Waals surface area contributed by atoms with Crippen molar-refractivity contribution in [2.45, 2.75) is 12.8 Å². The minimum atomic E-state index is -0.0474. The van der Waals surface area contributed by atoms with E-state index in [1.807, 2.05) is 79.3 Å². The van der Waals surface area contributed by atoms with Crippen LogP contribution in [0.4, 0.5) is 5.88 Å². The number of thioether (sulfide) groups is 1. The smallest absolute Gasteiger partial charge is 0.253 e. The van der Waals surface area contributed by atoms with Gasteiger partial charge in [-0.25, -0.2) is 0 Å². The van der Waals surface area contributed by atoms with Gasteiger partial charge in [-0.1, -0.05) is 60.6 Å². The number of nitrogens with zero attached hydrogens (tertiary/aromatic N) is 3. The van der Waals surface area contributed by atoms with E-state index < -0.39 is 0 Å². The lowest BCUT2D eigenvalue weighted by atomic mass is 9.94. The van der Waals surface area contributed by atoms with Gasteiger partial charge in [0.15, 0.2) is 11.7 Å². The summed E-state index contributed by atoms with van der Waals surface area (Å²) in [6, 6.07) is 18.7. The number of guanidine groups is 1. The Balaban J connectivity index is 1.51. The molecule has 1 atom stereocenters. The van der Waals surface area contributed by atoms with Crippen LogP contribution < -0.4 is 5.73 Å². The molecule has 3 aromatic rings. The fourth-order valence-corrected chi connectivity index (χ4v) is 4.29. The van der Waals surface area contributed by atoms with Gasteiger partial charge in [-0.05, 0) is 11.6 Å². The molecule has 2 N–H and O–H groups in total. The summed E-state index contributed by atoms with van der Waals surface area (Å²) in [4.78, 5) is 19.2. The SMILES string of the molecule is CC(c1cccc(C(=O)c2ccccc2)c1)c1cc(N=C(N)N2CCSCC2)on1. The van der Waals surface area contributed by atoms with E-state index in [2.05, 4.69) is 15.0 Å². The largest absolute Gasteiger partial charge is 0.369 e. The second-order valence-electron chi connectivity index (χ2n) is 7.20. The van der Waals surface area contributed by atoms with E-state index in [4.69, 9.17) is 10.3 Å². The first-order valence-electron chi connectivity index (χ1n) is 9.95. The zero-order chi connectivity index (χ0) is 20.9. The Morgan fingerprint density at radius 1 is 1.10 bits per heavy atom. The van der Waals surface area contributed by atoms with Gasteiger partial charge in [-0.3, -0.25) is 4.79 Å². The van der Waals surface area contributed by atoms with Gasteiger partial charge in [0.05, 0.1) is 5.69 Å². The summed E-state index contributed by atoms with van der Waals surface area (Å²) >= 11 is 1.92. The van der Waals surface area contributed by atoms with Crippen LogP contribution in [0.3, 0.4) is 0 Å². The van der Waals surface area contributed by atoms with E-state index in [0.29, 0.717) is 23.0 Å². The number of nitrogens with two attached hydrogens (primary N) is 1. The lowest BCUT2D eigenvalue weighted by Crippen LogP contribution is -2.42. The number of ketones is 1. The number of hydrogen-bond donors (Lipinski definition) is 1. The van der Waals surface area contributed by atoms with E-state index in [9.17, 15) is 4.79 Å². The highest BCUT2D eigenvalue weighted by molar-refractivity contribution is 7.99. The average molecular weight is 421 g/mol. The van der Waals surface area contributed by atoms with Gasteiger partial charge in [0.1, 0.15) is 0 Å². The van der Waals surface area contributed by atoms with Crippen LogP contribution in [-0.2, 0) is 0 Å². The highest BCUT2D eigenvalue weighted by Gasteiger charge is 2.18. The molecule has 1 fully saturated rings. The topological polar surface area (TPSA) is 84.7 Å². The lowest BCUT2D eigenvalue weighted by molar-refractivity contribution is 0.103.